The lowest BCUT2D eigenvalue weighted by Gasteiger charge is -2.03. The van der Waals surface area contributed by atoms with Gasteiger partial charge in [0.05, 0.1) is 23.8 Å². The molecule has 0 spiro atoms. The molecule has 1 amide bonds. The molecule has 118 valence electrons. The average Bonchev–Trinajstić information content (AvgIpc) is 2.55. The van der Waals surface area contributed by atoms with Crippen LogP contribution in [0.25, 0.3) is 0 Å². The molecular weight excluding hydrogens is 302 g/mol. The number of amides is 1. The lowest BCUT2D eigenvalue weighted by atomic mass is 10.1. The molecule has 2 N–H and O–H groups in total. The van der Waals surface area contributed by atoms with Gasteiger partial charge in [0.15, 0.2) is 0 Å². The second-order valence-electron chi connectivity index (χ2n) is 4.43. The number of non-ortho nitro benzene ring substituents is 1. The highest BCUT2D eigenvalue weighted by atomic mass is 16.6. The molecule has 0 heterocycles. The molecule has 0 aliphatic carbocycles. The van der Waals surface area contributed by atoms with Gasteiger partial charge in [-0.3, -0.25) is 14.9 Å². The zero-order valence-electron chi connectivity index (χ0n) is 12.1. The standard InChI is InChI=1S/C15H13N3O5/c1-23-12-5-2-10(3-6-12)9-16-17-15(20)13-8-11(18(21)22)4-7-14(13)19/h2-9,19H,1H3,(H,17,20)/b16-9+. The number of nitro groups is 1. The van der Waals surface area contributed by atoms with Crippen molar-refractivity contribution in [1.82, 2.24) is 5.43 Å². The van der Waals surface area contributed by atoms with Gasteiger partial charge in [0.2, 0.25) is 0 Å². The Morgan fingerprint density at radius 1 is 1.30 bits per heavy atom. The second kappa shape index (κ2) is 7.03. The number of nitrogens with one attached hydrogen (secondary N) is 1. The van der Waals surface area contributed by atoms with Gasteiger partial charge in [-0.2, -0.15) is 5.10 Å². The molecule has 23 heavy (non-hydrogen) atoms. The Kier molecular flexibility index (Phi) is 4.88. The van der Waals surface area contributed by atoms with E-state index in [1.54, 1.807) is 31.4 Å². The van der Waals surface area contributed by atoms with Gasteiger partial charge >= 0.3 is 0 Å². The Morgan fingerprint density at radius 3 is 2.61 bits per heavy atom. The van der Waals surface area contributed by atoms with Crippen molar-refractivity contribution in [3.05, 3.63) is 63.7 Å². The minimum absolute atomic E-state index is 0.230. The number of hydrogen-bond donors (Lipinski definition) is 2. The molecule has 0 saturated heterocycles. The Balaban J connectivity index is 2.08. The molecule has 2 aromatic carbocycles. The van der Waals surface area contributed by atoms with Crippen molar-refractivity contribution in [1.29, 1.82) is 0 Å². The Labute approximate surface area is 131 Å². The minimum atomic E-state index is -0.754. The second-order valence-corrected chi connectivity index (χ2v) is 4.43. The number of benzene rings is 2. The van der Waals surface area contributed by atoms with Crippen LogP contribution in [0.1, 0.15) is 15.9 Å². The molecular formula is C15H13N3O5. The number of carbonyl (C=O) groups is 1. The summed E-state index contributed by atoms with van der Waals surface area (Å²) >= 11 is 0. The quantitative estimate of drug-likeness (QED) is 0.498. The maximum Gasteiger partial charge on any atom is 0.275 e. The van der Waals surface area contributed by atoms with Gasteiger partial charge in [0.25, 0.3) is 11.6 Å². The number of carbonyl (C=O) groups excluding carboxylic acids is 1. The first-order valence-electron chi connectivity index (χ1n) is 6.46. The van der Waals surface area contributed by atoms with Crippen molar-refractivity contribution in [2.75, 3.05) is 7.11 Å². The minimum Gasteiger partial charge on any atom is -0.507 e. The first kappa shape index (κ1) is 16.0. The van der Waals surface area contributed by atoms with Crippen LogP contribution in [-0.2, 0) is 0 Å². The van der Waals surface area contributed by atoms with E-state index in [1.807, 2.05) is 0 Å². The van der Waals surface area contributed by atoms with E-state index in [0.29, 0.717) is 5.75 Å². The third-order valence-electron chi connectivity index (χ3n) is 2.93. The van der Waals surface area contributed by atoms with Crippen LogP contribution in [-0.4, -0.2) is 29.3 Å². The smallest absolute Gasteiger partial charge is 0.275 e. The van der Waals surface area contributed by atoms with E-state index in [9.17, 15) is 20.0 Å². The number of aromatic hydroxyl groups is 1. The summed E-state index contributed by atoms with van der Waals surface area (Å²) in [5.74, 6) is -0.434. The van der Waals surface area contributed by atoms with Crippen molar-refractivity contribution in [3.8, 4) is 11.5 Å². The highest BCUT2D eigenvalue weighted by Gasteiger charge is 2.15. The van der Waals surface area contributed by atoms with E-state index < -0.39 is 10.8 Å². The van der Waals surface area contributed by atoms with E-state index in [1.165, 1.54) is 6.21 Å². The maximum atomic E-state index is 11.9. The van der Waals surface area contributed by atoms with Gasteiger partial charge < -0.3 is 9.84 Å². The molecule has 0 aliphatic rings. The van der Waals surface area contributed by atoms with E-state index in [4.69, 9.17) is 4.74 Å². The lowest BCUT2D eigenvalue weighted by molar-refractivity contribution is -0.384. The van der Waals surface area contributed by atoms with Crippen LogP contribution in [0.3, 0.4) is 0 Å². The van der Waals surface area contributed by atoms with Gasteiger partial charge in [-0.25, -0.2) is 5.43 Å². The third kappa shape index (κ3) is 4.03. The summed E-state index contributed by atoms with van der Waals surface area (Å²) in [7, 11) is 1.55. The molecule has 0 aromatic heterocycles. The molecule has 0 atom stereocenters. The monoisotopic (exact) mass is 315 g/mol. The fourth-order valence-electron chi connectivity index (χ4n) is 1.74. The van der Waals surface area contributed by atoms with E-state index in [0.717, 1.165) is 23.8 Å². The molecule has 0 bridgehead atoms. The summed E-state index contributed by atoms with van der Waals surface area (Å²) in [6.45, 7) is 0. The number of hydrogen-bond acceptors (Lipinski definition) is 6. The number of phenols is 1. The van der Waals surface area contributed by atoms with Gasteiger partial charge in [0.1, 0.15) is 11.5 Å². The average molecular weight is 315 g/mol. The number of nitrogens with zero attached hydrogens (tertiary/aromatic N) is 2. The molecule has 0 aliphatic heterocycles. The number of nitro benzene ring substituents is 1. The topological polar surface area (TPSA) is 114 Å². The van der Waals surface area contributed by atoms with Gasteiger partial charge in [-0.1, -0.05) is 0 Å². The maximum absolute atomic E-state index is 11.9. The number of methoxy groups -OCH3 is 1. The zero-order valence-corrected chi connectivity index (χ0v) is 12.1. The third-order valence-corrected chi connectivity index (χ3v) is 2.93. The number of ether oxygens (including phenoxy) is 1. The fraction of sp³-hybridized carbons (Fsp3) is 0.0667. The number of phenolic OH excluding ortho intramolecular Hbond substituents is 1. The summed E-state index contributed by atoms with van der Waals surface area (Å²) < 4.78 is 5.02. The van der Waals surface area contributed by atoms with Crippen molar-refractivity contribution < 1.29 is 19.6 Å². The normalized spacial score (nSPS) is 10.5. The molecule has 2 rings (SSSR count). The molecule has 8 heteroatoms. The van der Waals surface area contributed by atoms with E-state index >= 15 is 0 Å². The predicted molar refractivity (Wildman–Crippen MR) is 82.8 cm³/mol. The van der Waals surface area contributed by atoms with Crippen LogP contribution in [0.4, 0.5) is 5.69 Å². The van der Waals surface area contributed by atoms with Gasteiger partial charge in [0, 0.05) is 12.1 Å². The molecule has 0 radical (unpaired) electrons. The molecule has 0 saturated carbocycles. The molecule has 0 fully saturated rings. The van der Waals surface area contributed by atoms with Crippen molar-refractivity contribution in [2.24, 2.45) is 5.10 Å². The van der Waals surface area contributed by atoms with Crippen LogP contribution < -0.4 is 10.2 Å². The van der Waals surface area contributed by atoms with Crippen molar-refractivity contribution >= 4 is 17.8 Å². The molecule has 8 nitrogen and oxygen atoms in total. The Bertz CT molecular complexity index is 756. The summed E-state index contributed by atoms with van der Waals surface area (Å²) in [4.78, 5) is 21.9. The predicted octanol–water partition coefficient (Wildman–Crippen LogP) is 2.07. The summed E-state index contributed by atoms with van der Waals surface area (Å²) in [5, 5.41) is 24.0. The van der Waals surface area contributed by atoms with Crippen LogP contribution in [0, 0.1) is 10.1 Å². The summed E-state index contributed by atoms with van der Waals surface area (Å²) in [5.41, 5.74) is 2.39. The van der Waals surface area contributed by atoms with Crippen molar-refractivity contribution in [2.45, 2.75) is 0 Å². The number of rotatable bonds is 5. The largest absolute Gasteiger partial charge is 0.507 e. The Morgan fingerprint density at radius 2 is 2.00 bits per heavy atom. The van der Waals surface area contributed by atoms with Crippen LogP contribution >= 0.6 is 0 Å². The zero-order chi connectivity index (χ0) is 16.8. The summed E-state index contributed by atoms with van der Waals surface area (Å²) in [6.07, 6.45) is 1.39. The highest BCUT2D eigenvalue weighted by molar-refractivity contribution is 5.97. The molecule has 2 aromatic rings. The lowest BCUT2D eigenvalue weighted by Crippen LogP contribution is -2.18. The van der Waals surface area contributed by atoms with Gasteiger partial charge in [-0.15, -0.1) is 0 Å². The SMILES string of the molecule is COc1ccc(/C=N/NC(=O)c2cc([N+](=O)[O-])ccc2O)cc1. The van der Waals surface area contributed by atoms with Crippen molar-refractivity contribution in [3.63, 3.8) is 0 Å². The summed E-state index contributed by atoms with van der Waals surface area (Å²) in [6, 6.07) is 10.1. The first-order chi connectivity index (χ1) is 11.0. The van der Waals surface area contributed by atoms with E-state index in [2.05, 4.69) is 10.5 Å². The fourth-order valence-corrected chi connectivity index (χ4v) is 1.74. The Hall–Kier alpha value is -3.42. The highest BCUT2D eigenvalue weighted by Crippen LogP contribution is 2.22. The number of hydrazone groups is 1. The van der Waals surface area contributed by atoms with Crippen LogP contribution in [0.5, 0.6) is 11.5 Å². The van der Waals surface area contributed by atoms with E-state index in [-0.39, 0.29) is 17.0 Å². The molecule has 0 unspecified atom stereocenters. The van der Waals surface area contributed by atoms with Gasteiger partial charge in [-0.05, 0) is 35.9 Å². The van der Waals surface area contributed by atoms with Crippen LogP contribution in [0.15, 0.2) is 47.6 Å². The van der Waals surface area contributed by atoms with Crippen LogP contribution in [0.2, 0.25) is 0 Å². The first-order valence-corrected chi connectivity index (χ1v) is 6.46.